The van der Waals surface area contributed by atoms with E-state index in [1.165, 1.54) is 0 Å². The van der Waals surface area contributed by atoms with Gasteiger partial charge in [0.1, 0.15) is 17.2 Å². The van der Waals surface area contributed by atoms with Crippen LogP contribution in [0.15, 0.2) is 97.2 Å². The van der Waals surface area contributed by atoms with Gasteiger partial charge in [0.05, 0.1) is 0 Å². The van der Waals surface area contributed by atoms with E-state index in [1.807, 2.05) is 48.5 Å². The molecule has 3 rings (SSSR count). The summed E-state index contributed by atoms with van der Waals surface area (Å²) in [4.78, 5) is 25.2. The molecule has 0 aliphatic heterocycles. The normalized spacial score (nSPS) is 10.8. The highest BCUT2D eigenvalue weighted by Gasteiger charge is 2.14. The van der Waals surface area contributed by atoms with E-state index >= 15 is 0 Å². The SMILES string of the molecule is C=CCNC(=O)C(=Cc1cccc(Oc2ccccc2)c1)NC(=O)c1ccc(Cl)cc1. The first-order chi connectivity index (χ1) is 15.0. The van der Waals surface area contributed by atoms with Gasteiger partial charge in [0, 0.05) is 17.1 Å². The number of benzene rings is 3. The fraction of sp³-hybridized carbons (Fsp3) is 0.0400. The van der Waals surface area contributed by atoms with Crippen molar-refractivity contribution in [3.63, 3.8) is 0 Å². The maximum absolute atomic E-state index is 12.6. The summed E-state index contributed by atoms with van der Waals surface area (Å²) in [6, 6.07) is 23.0. The zero-order valence-electron chi connectivity index (χ0n) is 16.7. The highest BCUT2D eigenvalue weighted by Crippen LogP contribution is 2.22. The smallest absolute Gasteiger partial charge is 0.268 e. The molecule has 3 aromatic rings. The Balaban J connectivity index is 1.85. The molecule has 5 nitrogen and oxygen atoms in total. The Morgan fingerprint density at radius 1 is 0.935 bits per heavy atom. The number of para-hydroxylation sites is 1. The molecule has 0 aromatic heterocycles. The summed E-state index contributed by atoms with van der Waals surface area (Å²) < 4.78 is 5.84. The van der Waals surface area contributed by atoms with Crippen LogP contribution in [-0.4, -0.2) is 18.4 Å². The number of amides is 2. The molecule has 0 saturated carbocycles. The molecule has 0 radical (unpaired) electrons. The molecule has 2 amide bonds. The standard InChI is InChI=1S/C25H21ClN2O3/c1-2-15-27-25(30)23(28-24(29)19-11-13-20(26)14-12-19)17-18-7-6-10-22(16-18)31-21-8-4-3-5-9-21/h2-14,16-17H,1,15H2,(H,27,30)(H,28,29). The summed E-state index contributed by atoms with van der Waals surface area (Å²) in [5.74, 6) is 0.448. The lowest BCUT2D eigenvalue weighted by Gasteiger charge is -2.11. The van der Waals surface area contributed by atoms with E-state index in [1.54, 1.807) is 42.5 Å². The van der Waals surface area contributed by atoms with Gasteiger partial charge in [-0.05, 0) is 60.2 Å². The van der Waals surface area contributed by atoms with Crippen molar-refractivity contribution < 1.29 is 14.3 Å². The van der Waals surface area contributed by atoms with Gasteiger partial charge >= 0.3 is 0 Å². The fourth-order valence-corrected chi connectivity index (χ4v) is 2.80. The molecule has 0 atom stereocenters. The van der Waals surface area contributed by atoms with Gasteiger partial charge in [0.15, 0.2) is 0 Å². The van der Waals surface area contributed by atoms with Crippen molar-refractivity contribution in [2.45, 2.75) is 0 Å². The first-order valence-corrected chi connectivity index (χ1v) is 9.93. The summed E-state index contributed by atoms with van der Waals surface area (Å²) >= 11 is 5.88. The van der Waals surface area contributed by atoms with E-state index in [0.29, 0.717) is 27.6 Å². The van der Waals surface area contributed by atoms with Crippen LogP contribution >= 0.6 is 11.6 Å². The lowest BCUT2D eigenvalue weighted by Crippen LogP contribution is -2.34. The van der Waals surface area contributed by atoms with Crippen molar-refractivity contribution in [2.24, 2.45) is 0 Å². The zero-order chi connectivity index (χ0) is 22.1. The highest BCUT2D eigenvalue weighted by molar-refractivity contribution is 6.30. The number of rotatable bonds is 8. The molecule has 6 heteroatoms. The molecular weight excluding hydrogens is 412 g/mol. The second-order valence-electron chi connectivity index (χ2n) is 6.51. The van der Waals surface area contributed by atoms with Crippen molar-refractivity contribution in [1.29, 1.82) is 0 Å². The maximum Gasteiger partial charge on any atom is 0.268 e. The predicted molar refractivity (Wildman–Crippen MR) is 123 cm³/mol. The summed E-state index contributed by atoms with van der Waals surface area (Å²) in [6.45, 7) is 3.86. The fourth-order valence-electron chi connectivity index (χ4n) is 2.67. The summed E-state index contributed by atoms with van der Waals surface area (Å²) in [6.07, 6.45) is 3.15. The van der Waals surface area contributed by atoms with Gasteiger partial charge in [-0.3, -0.25) is 9.59 Å². The summed E-state index contributed by atoms with van der Waals surface area (Å²) in [7, 11) is 0. The zero-order valence-corrected chi connectivity index (χ0v) is 17.4. The molecule has 0 unspecified atom stereocenters. The average Bonchev–Trinajstić information content (AvgIpc) is 2.78. The topological polar surface area (TPSA) is 67.4 Å². The number of ether oxygens (including phenoxy) is 1. The van der Waals surface area contributed by atoms with E-state index in [2.05, 4.69) is 17.2 Å². The Hall–Kier alpha value is -3.83. The molecule has 0 bridgehead atoms. The third-order valence-electron chi connectivity index (χ3n) is 4.15. The number of nitrogens with one attached hydrogen (secondary N) is 2. The van der Waals surface area contributed by atoms with Crippen LogP contribution in [0, 0.1) is 0 Å². The van der Waals surface area contributed by atoms with Crippen LogP contribution in [0.25, 0.3) is 6.08 Å². The lowest BCUT2D eigenvalue weighted by molar-refractivity contribution is -0.117. The van der Waals surface area contributed by atoms with Crippen LogP contribution in [0.3, 0.4) is 0 Å². The van der Waals surface area contributed by atoms with Gasteiger partial charge in [-0.15, -0.1) is 6.58 Å². The Kier molecular flexibility index (Phi) is 7.62. The number of hydrogen-bond donors (Lipinski definition) is 2. The minimum atomic E-state index is -0.434. The molecule has 156 valence electrons. The molecule has 0 spiro atoms. The van der Waals surface area contributed by atoms with Crippen LogP contribution in [0.2, 0.25) is 5.02 Å². The van der Waals surface area contributed by atoms with Gasteiger partial charge < -0.3 is 15.4 Å². The molecule has 0 aliphatic rings. The van der Waals surface area contributed by atoms with E-state index < -0.39 is 11.8 Å². The summed E-state index contributed by atoms with van der Waals surface area (Å²) in [5.41, 5.74) is 1.17. The van der Waals surface area contributed by atoms with Gasteiger partial charge in [-0.2, -0.15) is 0 Å². The van der Waals surface area contributed by atoms with Gasteiger partial charge in [0.25, 0.3) is 11.8 Å². The van der Waals surface area contributed by atoms with Crippen molar-refractivity contribution in [3.05, 3.63) is 113 Å². The van der Waals surface area contributed by atoms with Gasteiger partial charge in [-0.1, -0.05) is 48.0 Å². The first kappa shape index (κ1) is 21.9. The molecule has 3 aromatic carbocycles. The van der Waals surface area contributed by atoms with Crippen molar-refractivity contribution in [1.82, 2.24) is 10.6 Å². The molecule has 31 heavy (non-hydrogen) atoms. The third-order valence-corrected chi connectivity index (χ3v) is 4.41. The monoisotopic (exact) mass is 432 g/mol. The second kappa shape index (κ2) is 10.8. The van der Waals surface area contributed by atoms with E-state index in [9.17, 15) is 9.59 Å². The van der Waals surface area contributed by atoms with Crippen molar-refractivity contribution in [3.8, 4) is 11.5 Å². The Labute approximate surface area is 186 Å². The van der Waals surface area contributed by atoms with Crippen LogP contribution in [0.1, 0.15) is 15.9 Å². The third kappa shape index (κ3) is 6.59. The largest absolute Gasteiger partial charge is 0.457 e. The highest BCUT2D eigenvalue weighted by atomic mass is 35.5. The first-order valence-electron chi connectivity index (χ1n) is 9.56. The van der Waals surface area contributed by atoms with Gasteiger partial charge in [0.2, 0.25) is 0 Å². The lowest BCUT2D eigenvalue weighted by atomic mass is 10.1. The molecular formula is C25H21ClN2O3. The van der Waals surface area contributed by atoms with Crippen LogP contribution < -0.4 is 15.4 Å². The minimum absolute atomic E-state index is 0.0960. The number of carbonyl (C=O) groups excluding carboxylic acids is 2. The minimum Gasteiger partial charge on any atom is -0.457 e. The van der Waals surface area contributed by atoms with E-state index in [0.717, 1.165) is 0 Å². The van der Waals surface area contributed by atoms with Crippen LogP contribution in [0.4, 0.5) is 0 Å². The molecule has 2 N–H and O–H groups in total. The average molecular weight is 433 g/mol. The van der Waals surface area contributed by atoms with E-state index in [-0.39, 0.29) is 12.2 Å². The maximum atomic E-state index is 12.6. The molecule has 0 saturated heterocycles. The van der Waals surface area contributed by atoms with Crippen LogP contribution in [0.5, 0.6) is 11.5 Å². The molecule has 0 heterocycles. The number of carbonyl (C=O) groups is 2. The Morgan fingerprint density at radius 2 is 1.65 bits per heavy atom. The molecule has 0 aliphatic carbocycles. The van der Waals surface area contributed by atoms with Crippen molar-refractivity contribution in [2.75, 3.05) is 6.54 Å². The second-order valence-corrected chi connectivity index (χ2v) is 6.94. The summed E-state index contributed by atoms with van der Waals surface area (Å²) in [5, 5.41) is 5.87. The Morgan fingerprint density at radius 3 is 2.35 bits per heavy atom. The Bertz CT molecular complexity index is 1090. The quantitative estimate of drug-likeness (QED) is 0.379. The molecule has 0 fully saturated rings. The van der Waals surface area contributed by atoms with Crippen molar-refractivity contribution >= 4 is 29.5 Å². The number of halogens is 1. The number of hydrogen-bond acceptors (Lipinski definition) is 3. The van der Waals surface area contributed by atoms with Gasteiger partial charge in [-0.25, -0.2) is 0 Å². The van der Waals surface area contributed by atoms with Crippen LogP contribution in [-0.2, 0) is 4.79 Å². The van der Waals surface area contributed by atoms with E-state index in [4.69, 9.17) is 16.3 Å². The predicted octanol–water partition coefficient (Wildman–Crippen LogP) is 5.21.